The van der Waals surface area contributed by atoms with Crippen molar-refractivity contribution in [3.05, 3.63) is 65.7 Å². The van der Waals surface area contributed by atoms with E-state index in [0.29, 0.717) is 12.2 Å². The van der Waals surface area contributed by atoms with E-state index in [1.54, 1.807) is 44.2 Å². The summed E-state index contributed by atoms with van der Waals surface area (Å²) in [5, 5.41) is 2.74. The van der Waals surface area contributed by atoms with Crippen molar-refractivity contribution in [1.82, 2.24) is 14.5 Å². The average Bonchev–Trinajstić information content (AvgIpc) is 2.77. The minimum Gasteiger partial charge on any atom is -0.355 e. The van der Waals surface area contributed by atoms with Gasteiger partial charge in [-0.05, 0) is 38.5 Å². The number of para-hydroxylation sites is 1. The van der Waals surface area contributed by atoms with Gasteiger partial charge < -0.3 is 10.2 Å². The lowest BCUT2D eigenvalue weighted by molar-refractivity contribution is -0.139. The summed E-state index contributed by atoms with van der Waals surface area (Å²) in [7, 11) is -1.11. The van der Waals surface area contributed by atoms with Gasteiger partial charge in [0.15, 0.2) is 0 Å². The molecule has 9 heteroatoms. The highest BCUT2D eigenvalue weighted by Crippen LogP contribution is 2.20. The third-order valence-corrected chi connectivity index (χ3v) is 6.87. The number of carbonyl (C=O) groups excluding carboxylic acids is 2. The maximum absolute atomic E-state index is 13.4. The number of hydrogen-bond donors (Lipinski definition) is 1. The molecule has 0 aliphatic carbocycles. The van der Waals surface area contributed by atoms with Crippen molar-refractivity contribution in [2.75, 3.05) is 31.5 Å². The highest BCUT2D eigenvalue weighted by molar-refractivity contribution is 7.90. The molecule has 2 rings (SSSR count). The van der Waals surface area contributed by atoms with E-state index in [1.165, 1.54) is 19.0 Å². The number of carbonyl (C=O) groups is 2. The van der Waals surface area contributed by atoms with E-state index in [0.717, 1.165) is 19.7 Å². The summed E-state index contributed by atoms with van der Waals surface area (Å²) in [5.41, 5.74) is 2.30. The zero-order valence-electron chi connectivity index (χ0n) is 19.3. The third kappa shape index (κ3) is 6.30. The standard InChI is InChI=1S/C23H32N4O4S/c1-6-24-23(29)19(3)26(16-20-14-12-18(2)13-15-20)22(28)17-27(32(30,31)25(4)5)21-10-8-7-9-11-21/h7-15,19H,6,16-17H2,1-5H3,(H,24,29)/t19-/m1/s1. The summed E-state index contributed by atoms with van der Waals surface area (Å²) in [4.78, 5) is 27.4. The lowest BCUT2D eigenvalue weighted by Gasteiger charge is -2.32. The summed E-state index contributed by atoms with van der Waals surface area (Å²) >= 11 is 0. The number of likely N-dealkylation sites (N-methyl/N-ethyl adjacent to an activating group) is 1. The Morgan fingerprint density at radius 1 is 1.00 bits per heavy atom. The molecule has 0 aliphatic heterocycles. The molecule has 174 valence electrons. The van der Waals surface area contributed by atoms with Crippen LogP contribution in [0.2, 0.25) is 0 Å². The predicted molar refractivity (Wildman–Crippen MR) is 126 cm³/mol. The summed E-state index contributed by atoms with van der Waals surface area (Å²) < 4.78 is 28.1. The van der Waals surface area contributed by atoms with Crippen molar-refractivity contribution in [2.45, 2.75) is 33.4 Å². The van der Waals surface area contributed by atoms with E-state index in [2.05, 4.69) is 5.32 Å². The molecule has 0 bridgehead atoms. The van der Waals surface area contributed by atoms with Gasteiger partial charge in [-0.25, -0.2) is 4.31 Å². The van der Waals surface area contributed by atoms with Crippen LogP contribution in [0.15, 0.2) is 54.6 Å². The third-order valence-electron chi connectivity index (χ3n) is 5.05. The molecule has 2 amide bonds. The Labute approximate surface area is 191 Å². The molecule has 0 saturated carbocycles. The maximum atomic E-state index is 13.4. The van der Waals surface area contributed by atoms with Gasteiger partial charge in [0.2, 0.25) is 11.8 Å². The van der Waals surface area contributed by atoms with Crippen molar-refractivity contribution in [2.24, 2.45) is 0 Å². The van der Waals surface area contributed by atoms with E-state index >= 15 is 0 Å². The van der Waals surface area contributed by atoms with Crippen molar-refractivity contribution in [3.63, 3.8) is 0 Å². The van der Waals surface area contributed by atoms with Crippen LogP contribution in [0.5, 0.6) is 0 Å². The Kier molecular flexibility index (Phi) is 8.80. The van der Waals surface area contributed by atoms with Crippen LogP contribution >= 0.6 is 0 Å². The molecular weight excluding hydrogens is 428 g/mol. The molecule has 8 nitrogen and oxygen atoms in total. The number of anilines is 1. The number of amides is 2. The van der Waals surface area contributed by atoms with Crippen molar-refractivity contribution in [3.8, 4) is 0 Å². The number of hydrogen-bond acceptors (Lipinski definition) is 4. The Morgan fingerprint density at radius 3 is 2.12 bits per heavy atom. The van der Waals surface area contributed by atoms with E-state index in [4.69, 9.17) is 0 Å². The summed E-state index contributed by atoms with van der Waals surface area (Å²) in [6, 6.07) is 15.3. The van der Waals surface area contributed by atoms with Gasteiger partial charge in [-0.2, -0.15) is 12.7 Å². The fourth-order valence-corrected chi connectivity index (χ4v) is 4.16. The van der Waals surface area contributed by atoms with E-state index in [-0.39, 0.29) is 12.5 Å². The zero-order chi connectivity index (χ0) is 23.9. The monoisotopic (exact) mass is 460 g/mol. The lowest BCUT2D eigenvalue weighted by Crippen LogP contribution is -2.52. The van der Waals surface area contributed by atoms with Crippen molar-refractivity contribution < 1.29 is 18.0 Å². The second-order valence-electron chi connectivity index (χ2n) is 7.71. The van der Waals surface area contributed by atoms with Gasteiger partial charge >= 0.3 is 10.2 Å². The highest BCUT2D eigenvalue weighted by Gasteiger charge is 2.32. The zero-order valence-corrected chi connectivity index (χ0v) is 20.1. The molecule has 32 heavy (non-hydrogen) atoms. The van der Waals surface area contributed by atoms with Crippen LogP contribution in [0, 0.1) is 6.92 Å². The highest BCUT2D eigenvalue weighted by atomic mass is 32.2. The molecule has 0 unspecified atom stereocenters. The second-order valence-corrected chi connectivity index (χ2v) is 9.78. The molecule has 0 aromatic heterocycles. The van der Waals surface area contributed by atoms with Crippen LogP contribution in [0.4, 0.5) is 5.69 Å². The molecule has 0 spiro atoms. The van der Waals surface area contributed by atoms with Crippen LogP contribution in [-0.4, -0.2) is 62.7 Å². The molecule has 2 aromatic carbocycles. The Hall–Kier alpha value is -2.91. The Balaban J connectivity index is 2.40. The molecule has 0 radical (unpaired) electrons. The lowest BCUT2D eigenvalue weighted by atomic mass is 10.1. The minimum atomic E-state index is -3.94. The first-order valence-corrected chi connectivity index (χ1v) is 11.9. The largest absolute Gasteiger partial charge is 0.355 e. The first kappa shape index (κ1) is 25.4. The Bertz CT molecular complexity index is 1010. The molecule has 2 aromatic rings. The summed E-state index contributed by atoms with van der Waals surface area (Å²) in [5.74, 6) is -0.770. The number of nitrogens with zero attached hydrogens (tertiary/aromatic N) is 3. The smallest absolute Gasteiger partial charge is 0.304 e. The van der Waals surface area contributed by atoms with Gasteiger partial charge in [-0.15, -0.1) is 0 Å². The fraction of sp³-hybridized carbons (Fsp3) is 0.391. The van der Waals surface area contributed by atoms with Gasteiger partial charge in [0, 0.05) is 27.2 Å². The summed E-state index contributed by atoms with van der Waals surface area (Å²) in [6.45, 7) is 5.60. The number of benzene rings is 2. The van der Waals surface area contributed by atoms with Crippen LogP contribution in [0.3, 0.4) is 0 Å². The number of nitrogens with one attached hydrogen (secondary N) is 1. The van der Waals surface area contributed by atoms with Gasteiger partial charge in [0.25, 0.3) is 0 Å². The Morgan fingerprint density at radius 2 is 1.59 bits per heavy atom. The second kappa shape index (κ2) is 11.1. The normalized spacial score (nSPS) is 12.3. The van der Waals surface area contributed by atoms with Gasteiger partial charge in [-0.1, -0.05) is 48.0 Å². The van der Waals surface area contributed by atoms with Crippen molar-refractivity contribution >= 4 is 27.7 Å². The fourth-order valence-electron chi connectivity index (χ4n) is 3.11. The van der Waals surface area contributed by atoms with Gasteiger partial charge in [0.05, 0.1) is 5.69 Å². The SMILES string of the molecule is CCNC(=O)[C@@H](C)N(Cc1ccc(C)cc1)C(=O)CN(c1ccccc1)S(=O)(=O)N(C)C. The predicted octanol–water partition coefficient (Wildman–Crippen LogP) is 2.16. The first-order chi connectivity index (χ1) is 15.1. The topological polar surface area (TPSA) is 90.0 Å². The van der Waals surface area contributed by atoms with Gasteiger partial charge in [-0.3, -0.25) is 9.59 Å². The number of rotatable bonds is 10. The van der Waals surface area contributed by atoms with E-state index in [9.17, 15) is 18.0 Å². The molecule has 0 heterocycles. The number of aryl methyl sites for hydroxylation is 1. The average molecular weight is 461 g/mol. The maximum Gasteiger partial charge on any atom is 0.304 e. The quantitative estimate of drug-likeness (QED) is 0.588. The summed E-state index contributed by atoms with van der Waals surface area (Å²) in [6.07, 6.45) is 0. The molecule has 0 fully saturated rings. The van der Waals surface area contributed by atoms with E-state index in [1.807, 2.05) is 31.2 Å². The van der Waals surface area contributed by atoms with Crippen LogP contribution in [0.1, 0.15) is 25.0 Å². The molecule has 0 aliphatic rings. The molecular formula is C23H32N4O4S. The molecule has 0 saturated heterocycles. The van der Waals surface area contributed by atoms with E-state index < -0.39 is 28.7 Å². The van der Waals surface area contributed by atoms with Gasteiger partial charge in [0.1, 0.15) is 12.6 Å². The van der Waals surface area contributed by atoms with Crippen LogP contribution in [-0.2, 0) is 26.3 Å². The minimum absolute atomic E-state index is 0.183. The first-order valence-electron chi connectivity index (χ1n) is 10.5. The molecule has 1 atom stereocenters. The molecule has 1 N–H and O–H groups in total. The van der Waals surface area contributed by atoms with Crippen LogP contribution < -0.4 is 9.62 Å². The van der Waals surface area contributed by atoms with Crippen molar-refractivity contribution in [1.29, 1.82) is 0 Å². The van der Waals surface area contributed by atoms with Crippen LogP contribution in [0.25, 0.3) is 0 Å².